The minimum absolute atomic E-state index is 0.120. The lowest BCUT2D eigenvalue weighted by molar-refractivity contribution is 0.213. The Balaban J connectivity index is 3.09. The van der Waals surface area contributed by atoms with Crippen LogP contribution in [0.2, 0.25) is 5.02 Å². The first-order valence-electron chi connectivity index (χ1n) is 7.31. The van der Waals surface area contributed by atoms with Crippen molar-refractivity contribution in [1.29, 1.82) is 0 Å². The molecule has 2 atom stereocenters. The minimum Gasteiger partial charge on any atom is -0.494 e. The molecule has 3 nitrogen and oxygen atoms in total. The van der Waals surface area contributed by atoms with Crippen LogP contribution in [0, 0.1) is 12.8 Å². The summed E-state index contributed by atoms with van der Waals surface area (Å²) in [6.45, 7) is 7.34. The molecule has 2 unspecified atom stereocenters. The molecule has 114 valence electrons. The second-order valence-corrected chi connectivity index (χ2v) is 5.60. The SMILES string of the molecule is CCOc1cc(C)c(Cl)cc1C(CC)CC(CN)CO. The highest BCUT2D eigenvalue weighted by atomic mass is 35.5. The summed E-state index contributed by atoms with van der Waals surface area (Å²) >= 11 is 6.26. The van der Waals surface area contributed by atoms with Gasteiger partial charge in [0.05, 0.1) is 6.61 Å². The van der Waals surface area contributed by atoms with Gasteiger partial charge in [-0.25, -0.2) is 0 Å². The maximum absolute atomic E-state index is 9.35. The van der Waals surface area contributed by atoms with Crippen LogP contribution >= 0.6 is 11.6 Å². The fraction of sp³-hybridized carbons (Fsp3) is 0.625. The average Bonchev–Trinajstić information content (AvgIpc) is 2.45. The normalized spacial score (nSPS) is 14.1. The van der Waals surface area contributed by atoms with E-state index < -0.39 is 0 Å². The molecular formula is C16H26ClNO2. The summed E-state index contributed by atoms with van der Waals surface area (Å²) in [6.07, 6.45) is 1.82. The van der Waals surface area contributed by atoms with E-state index in [9.17, 15) is 5.11 Å². The van der Waals surface area contributed by atoms with Gasteiger partial charge in [-0.1, -0.05) is 18.5 Å². The largest absolute Gasteiger partial charge is 0.494 e. The van der Waals surface area contributed by atoms with E-state index >= 15 is 0 Å². The van der Waals surface area contributed by atoms with Crippen LogP contribution in [0.1, 0.15) is 43.7 Å². The Morgan fingerprint density at radius 3 is 2.55 bits per heavy atom. The zero-order valence-corrected chi connectivity index (χ0v) is 13.4. The van der Waals surface area contributed by atoms with Gasteiger partial charge in [0.25, 0.3) is 0 Å². The lowest BCUT2D eigenvalue weighted by Gasteiger charge is -2.23. The van der Waals surface area contributed by atoms with Crippen LogP contribution in [0.15, 0.2) is 12.1 Å². The van der Waals surface area contributed by atoms with Crippen LogP contribution in [0.5, 0.6) is 5.75 Å². The van der Waals surface area contributed by atoms with Crippen molar-refractivity contribution in [1.82, 2.24) is 0 Å². The van der Waals surface area contributed by atoms with E-state index in [1.54, 1.807) is 0 Å². The van der Waals surface area contributed by atoms with Gasteiger partial charge in [0.1, 0.15) is 5.75 Å². The molecule has 3 N–H and O–H groups in total. The lowest BCUT2D eigenvalue weighted by atomic mass is 9.86. The molecule has 20 heavy (non-hydrogen) atoms. The molecule has 0 aliphatic carbocycles. The number of aryl methyl sites for hydroxylation is 1. The topological polar surface area (TPSA) is 55.5 Å². The molecule has 0 amide bonds. The summed E-state index contributed by atoms with van der Waals surface area (Å²) < 4.78 is 5.75. The third kappa shape index (κ3) is 4.37. The molecular weight excluding hydrogens is 274 g/mol. The highest BCUT2D eigenvalue weighted by molar-refractivity contribution is 6.31. The van der Waals surface area contributed by atoms with Crippen molar-refractivity contribution in [2.24, 2.45) is 11.7 Å². The van der Waals surface area contributed by atoms with Crippen LogP contribution in [0.3, 0.4) is 0 Å². The quantitative estimate of drug-likeness (QED) is 0.772. The van der Waals surface area contributed by atoms with Gasteiger partial charge in [0, 0.05) is 11.6 Å². The van der Waals surface area contributed by atoms with Gasteiger partial charge in [-0.05, 0) is 68.3 Å². The molecule has 0 aromatic heterocycles. The van der Waals surface area contributed by atoms with Crippen molar-refractivity contribution in [3.05, 3.63) is 28.3 Å². The van der Waals surface area contributed by atoms with Gasteiger partial charge < -0.3 is 15.6 Å². The van der Waals surface area contributed by atoms with Crippen LogP contribution in [-0.2, 0) is 0 Å². The van der Waals surface area contributed by atoms with Crippen LogP contribution in [0.25, 0.3) is 0 Å². The van der Waals surface area contributed by atoms with E-state index in [-0.39, 0.29) is 12.5 Å². The second-order valence-electron chi connectivity index (χ2n) is 5.20. The fourth-order valence-corrected chi connectivity index (χ4v) is 2.60. The monoisotopic (exact) mass is 299 g/mol. The number of aliphatic hydroxyl groups excluding tert-OH is 1. The molecule has 0 bridgehead atoms. The number of ether oxygens (including phenoxy) is 1. The van der Waals surface area contributed by atoms with Crippen molar-refractivity contribution < 1.29 is 9.84 Å². The van der Waals surface area contributed by atoms with Crippen LogP contribution in [-0.4, -0.2) is 24.9 Å². The van der Waals surface area contributed by atoms with E-state index in [1.807, 2.05) is 26.0 Å². The first-order valence-corrected chi connectivity index (χ1v) is 7.68. The third-order valence-corrected chi connectivity index (χ3v) is 4.14. The van der Waals surface area contributed by atoms with Crippen molar-refractivity contribution >= 4 is 11.6 Å². The molecule has 0 saturated carbocycles. The molecule has 1 aromatic carbocycles. The Hall–Kier alpha value is -0.770. The van der Waals surface area contributed by atoms with Crippen molar-refractivity contribution in [3.63, 3.8) is 0 Å². The van der Waals surface area contributed by atoms with Crippen LogP contribution in [0.4, 0.5) is 0 Å². The van der Waals surface area contributed by atoms with Gasteiger partial charge >= 0.3 is 0 Å². The van der Waals surface area contributed by atoms with Crippen molar-refractivity contribution in [3.8, 4) is 5.75 Å². The van der Waals surface area contributed by atoms with Gasteiger partial charge in [-0.3, -0.25) is 0 Å². The Morgan fingerprint density at radius 2 is 2.05 bits per heavy atom. The zero-order valence-electron chi connectivity index (χ0n) is 12.7. The smallest absolute Gasteiger partial charge is 0.123 e. The van der Waals surface area contributed by atoms with E-state index in [1.165, 1.54) is 0 Å². The Labute approximate surface area is 127 Å². The highest BCUT2D eigenvalue weighted by Crippen LogP contribution is 2.37. The van der Waals surface area contributed by atoms with Gasteiger partial charge in [-0.2, -0.15) is 0 Å². The lowest BCUT2D eigenvalue weighted by Crippen LogP contribution is -2.21. The first kappa shape index (κ1) is 17.3. The van der Waals surface area contributed by atoms with E-state index in [0.717, 1.165) is 34.7 Å². The van der Waals surface area contributed by atoms with Gasteiger partial charge in [-0.15, -0.1) is 0 Å². The van der Waals surface area contributed by atoms with Crippen molar-refractivity contribution in [2.45, 2.75) is 39.5 Å². The molecule has 0 aliphatic heterocycles. The van der Waals surface area contributed by atoms with Crippen molar-refractivity contribution in [2.75, 3.05) is 19.8 Å². The van der Waals surface area contributed by atoms with E-state index in [4.69, 9.17) is 22.1 Å². The Morgan fingerprint density at radius 1 is 1.35 bits per heavy atom. The summed E-state index contributed by atoms with van der Waals surface area (Å²) in [5.74, 6) is 1.32. The predicted molar refractivity (Wildman–Crippen MR) is 84.6 cm³/mol. The molecule has 0 radical (unpaired) electrons. The first-order chi connectivity index (χ1) is 9.57. The number of aliphatic hydroxyl groups is 1. The highest BCUT2D eigenvalue weighted by Gasteiger charge is 2.20. The van der Waals surface area contributed by atoms with Gasteiger partial charge in [0.2, 0.25) is 0 Å². The number of halogens is 1. The number of benzene rings is 1. The Bertz CT molecular complexity index is 419. The number of hydrogen-bond acceptors (Lipinski definition) is 3. The summed E-state index contributed by atoms with van der Waals surface area (Å²) in [7, 11) is 0. The molecule has 0 aliphatic rings. The molecule has 0 saturated heterocycles. The third-order valence-electron chi connectivity index (χ3n) is 3.73. The number of nitrogens with two attached hydrogens (primary N) is 1. The maximum Gasteiger partial charge on any atom is 0.123 e. The second kappa shape index (κ2) is 8.50. The standard InChI is InChI=1S/C16H26ClNO2/c1-4-13(7-12(9-18)10-19)14-8-15(17)11(3)6-16(14)20-5-2/h6,8,12-13,19H,4-5,7,9-10,18H2,1-3H3. The summed E-state index contributed by atoms with van der Waals surface area (Å²) in [6, 6.07) is 4.00. The number of rotatable bonds is 8. The summed E-state index contributed by atoms with van der Waals surface area (Å²) in [5.41, 5.74) is 7.84. The summed E-state index contributed by atoms with van der Waals surface area (Å²) in [5, 5.41) is 10.1. The van der Waals surface area contributed by atoms with Crippen LogP contribution < -0.4 is 10.5 Å². The van der Waals surface area contributed by atoms with E-state index in [2.05, 4.69) is 6.92 Å². The van der Waals surface area contributed by atoms with Gasteiger partial charge in [0.15, 0.2) is 0 Å². The molecule has 0 heterocycles. The molecule has 1 aromatic rings. The Kier molecular flexibility index (Phi) is 7.35. The average molecular weight is 300 g/mol. The molecule has 1 rings (SSSR count). The zero-order chi connectivity index (χ0) is 15.1. The summed E-state index contributed by atoms with van der Waals surface area (Å²) in [4.78, 5) is 0. The molecule has 4 heteroatoms. The van der Waals surface area contributed by atoms with E-state index in [0.29, 0.717) is 19.1 Å². The minimum atomic E-state index is 0.120. The fourth-order valence-electron chi connectivity index (χ4n) is 2.43. The predicted octanol–water partition coefficient (Wildman–Crippen LogP) is 3.50. The molecule has 0 fully saturated rings. The molecule has 0 spiro atoms. The number of hydrogen-bond donors (Lipinski definition) is 2. The maximum atomic E-state index is 9.35.